The highest BCUT2D eigenvalue weighted by molar-refractivity contribution is 6.31. The van der Waals surface area contributed by atoms with Gasteiger partial charge >= 0.3 is 6.18 Å². The van der Waals surface area contributed by atoms with E-state index in [-0.39, 0.29) is 30.1 Å². The van der Waals surface area contributed by atoms with Gasteiger partial charge in [0.2, 0.25) is 11.4 Å². The molecule has 29 heavy (non-hydrogen) atoms. The molecule has 0 radical (unpaired) electrons. The van der Waals surface area contributed by atoms with Gasteiger partial charge in [0.1, 0.15) is 0 Å². The number of nitrogens with zero attached hydrogens (tertiary/aromatic N) is 1. The van der Waals surface area contributed by atoms with E-state index in [4.69, 9.17) is 11.6 Å². The van der Waals surface area contributed by atoms with Gasteiger partial charge in [-0.25, -0.2) is 0 Å². The number of rotatable bonds is 3. The molecular weight excluding hydrogens is 409 g/mol. The summed E-state index contributed by atoms with van der Waals surface area (Å²) >= 11 is 6.14. The highest BCUT2D eigenvalue weighted by atomic mass is 35.5. The van der Waals surface area contributed by atoms with Gasteiger partial charge < -0.3 is 10.2 Å². The maximum Gasteiger partial charge on any atom is 0.425 e. The van der Waals surface area contributed by atoms with Crippen molar-refractivity contribution in [3.05, 3.63) is 46.1 Å². The monoisotopic (exact) mass is 428 g/mol. The number of Topliss-reactive ketones (excluding diaryl/α,β-unsaturated/α-hetero) is 1. The number of alkyl halides is 3. The Bertz CT molecular complexity index is 939. The Kier molecular flexibility index (Phi) is 5.06. The molecule has 1 atom stereocenters. The van der Waals surface area contributed by atoms with Gasteiger partial charge in [0.25, 0.3) is 5.91 Å². The Balaban J connectivity index is 2.23. The van der Waals surface area contributed by atoms with Crippen molar-refractivity contribution >= 4 is 29.2 Å². The predicted molar refractivity (Wildman–Crippen MR) is 99.7 cm³/mol. The summed E-state index contributed by atoms with van der Waals surface area (Å²) < 4.78 is 42.8. The van der Waals surface area contributed by atoms with Gasteiger partial charge in [-0.2, -0.15) is 13.2 Å². The third-order valence-corrected chi connectivity index (χ3v) is 5.56. The van der Waals surface area contributed by atoms with E-state index in [0.29, 0.717) is 5.56 Å². The normalized spacial score (nSPS) is 24.0. The molecule has 0 fully saturated rings. The first-order valence-corrected chi connectivity index (χ1v) is 9.35. The molecule has 1 heterocycles. The molecule has 1 N–H and O–H groups in total. The maximum atomic E-state index is 14.3. The van der Waals surface area contributed by atoms with Crippen LogP contribution < -0.4 is 5.32 Å². The number of carbonyl (C=O) groups is 3. The van der Waals surface area contributed by atoms with E-state index >= 15 is 0 Å². The zero-order chi connectivity index (χ0) is 21.8. The molecule has 0 bridgehead atoms. The van der Waals surface area contributed by atoms with Gasteiger partial charge in [-0.3, -0.25) is 14.4 Å². The summed E-state index contributed by atoms with van der Waals surface area (Å²) in [6, 6.07) is 6.47. The number of hydrogen-bond acceptors (Lipinski definition) is 3. The van der Waals surface area contributed by atoms with Gasteiger partial charge in [-0.1, -0.05) is 43.6 Å². The first-order chi connectivity index (χ1) is 13.3. The topological polar surface area (TPSA) is 66.5 Å². The van der Waals surface area contributed by atoms with E-state index < -0.39 is 40.3 Å². The molecule has 1 aliphatic carbocycles. The number of allylic oxidation sites excluding steroid dienone is 1. The number of halogens is 4. The molecule has 0 saturated carbocycles. The molecule has 9 heteroatoms. The van der Waals surface area contributed by atoms with Crippen LogP contribution in [-0.2, 0) is 20.9 Å². The summed E-state index contributed by atoms with van der Waals surface area (Å²) in [5, 5.41) is 2.05. The SMILES string of the molecule is CC(=O)N[C@@]1(C(F)(F)F)C(=O)N(Cc2ccccc2Cl)C2=C1C(=O)CC(C)(C)C2. The van der Waals surface area contributed by atoms with E-state index in [1.54, 1.807) is 43.4 Å². The fourth-order valence-corrected chi connectivity index (χ4v) is 4.25. The molecule has 5 nitrogen and oxygen atoms in total. The van der Waals surface area contributed by atoms with Crippen molar-refractivity contribution in [1.82, 2.24) is 10.2 Å². The lowest BCUT2D eigenvalue weighted by atomic mass is 9.72. The smallest absolute Gasteiger partial charge is 0.331 e. The quantitative estimate of drug-likeness (QED) is 0.797. The number of hydrogen-bond donors (Lipinski definition) is 1. The van der Waals surface area contributed by atoms with Crippen LogP contribution in [0.25, 0.3) is 0 Å². The minimum Gasteiger partial charge on any atom is -0.331 e. The number of benzene rings is 1. The van der Waals surface area contributed by atoms with Crippen LogP contribution in [0.15, 0.2) is 35.5 Å². The summed E-state index contributed by atoms with van der Waals surface area (Å²) in [7, 11) is 0. The van der Waals surface area contributed by atoms with Crippen LogP contribution in [0.4, 0.5) is 13.2 Å². The zero-order valence-corrected chi connectivity index (χ0v) is 16.9. The van der Waals surface area contributed by atoms with Crippen molar-refractivity contribution in [3.8, 4) is 0 Å². The maximum absolute atomic E-state index is 14.3. The lowest BCUT2D eigenvalue weighted by molar-refractivity contribution is -0.194. The molecule has 2 aliphatic rings. The van der Waals surface area contributed by atoms with Crippen molar-refractivity contribution < 1.29 is 27.6 Å². The number of nitrogens with one attached hydrogen (secondary N) is 1. The van der Waals surface area contributed by atoms with Crippen LogP contribution in [0, 0.1) is 5.41 Å². The minimum absolute atomic E-state index is 0.0118. The summed E-state index contributed by atoms with van der Waals surface area (Å²) in [6.07, 6.45) is -5.26. The van der Waals surface area contributed by atoms with Crippen LogP contribution >= 0.6 is 11.6 Å². The van der Waals surface area contributed by atoms with E-state index in [9.17, 15) is 27.6 Å². The van der Waals surface area contributed by atoms with Crippen molar-refractivity contribution in [2.45, 2.75) is 51.9 Å². The van der Waals surface area contributed by atoms with Crippen LogP contribution in [-0.4, -0.2) is 34.2 Å². The van der Waals surface area contributed by atoms with Gasteiger partial charge in [0, 0.05) is 24.1 Å². The van der Waals surface area contributed by atoms with E-state index in [1.165, 1.54) is 0 Å². The third kappa shape index (κ3) is 3.43. The Morgan fingerprint density at radius 3 is 2.38 bits per heavy atom. The van der Waals surface area contributed by atoms with Gasteiger partial charge in [-0.15, -0.1) is 0 Å². The summed E-state index contributed by atoms with van der Waals surface area (Å²) in [5.41, 5.74) is -4.28. The van der Waals surface area contributed by atoms with Crippen molar-refractivity contribution in [2.24, 2.45) is 5.41 Å². The van der Waals surface area contributed by atoms with E-state index in [1.807, 2.05) is 0 Å². The lowest BCUT2D eigenvalue weighted by Crippen LogP contribution is -2.65. The largest absolute Gasteiger partial charge is 0.425 e. The van der Waals surface area contributed by atoms with Gasteiger partial charge in [-0.05, 0) is 23.5 Å². The standard InChI is InChI=1S/C20H20ClF3N2O3/c1-11(27)25-19(20(22,23)24)16-14(8-18(2,3)9-15(16)28)26(17(19)29)10-12-6-4-5-7-13(12)21/h4-7H,8-10H2,1-3H3,(H,25,27)/t19-/m1/s1. The molecule has 0 saturated heterocycles. The van der Waals surface area contributed by atoms with E-state index in [0.717, 1.165) is 11.8 Å². The number of carbonyl (C=O) groups excluding carboxylic acids is 3. The second-order valence-corrected chi connectivity index (χ2v) is 8.58. The zero-order valence-electron chi connectivity index (χ0n) is 16.1. The summed E-state index contributed by atoms with van der Waals surface area (Å²) in [4.78, 5) is 38.7. The first-order valence-electron chi connectivity index (χ1n) is 8.98. The predicted octanol–water partition coefficient (Wildman–Crippen LogP) is 3.76. The highest BCUT2D eigenvalue weighted by Gasteiger charge is 2.71. The average Bonchev–Trinajstić information content (AvgIpc) is 2.78. The van der Waals surface area contributed by atoms with Crippen LogP contribution in [0.2, 0.25) is 5.02 Å². The van der Waals surface area contributed by atoms with Gasteiger partial charge in [0.15, 0.2) is 5.78 Å². The minimum atomic E-state index is -5.19. The van der Waals surface area contributed by atoms with Crippen molar-refractivity contribution in [3.63, 3.8) is 0 Å². The van der Waals surface area contributed by atoms with Crippen LogP contribution in [0.5, 0.6) is 0 Å². The Morgan fingerprint density at radius 2 is 1.83 bits per heavy atom. The van der Waals surface area contributed by atoms with Crippen LogP contribution in [0.1, 0.15) is 39.2 Å². The second kappa shape index (κ2) is 6.86. The molecule has 1 aromatic rings. The summed E-state index contributed by atoms with van der Waals surface area (Å²) in [5.74, 6) is -3.24. The Labute approximate surface area is 170 Å². The number of ketones is 1. The summed E-state index contributed by atoms with van der Waals surface area (Å²) in [6.45, 7) is 4.14. The third-order valence-electron chi connectivity index (χ3n) is 5.19. The van der Waals surface area contributed by atoms with Gasteiger partial charge in [0.05, 0.1) is 12.1 Å². The lowest BCUT2D eigenvalue weighted by Gasteiger charge is -2.35. The second-order valence-electron chi connectivity index (χ2n) is 8.17. The highest BCUT2D eigenvalue weighted by Crippen LogP contribution is 2.52. The molecule has 1 aliphatic heterocycles. The molecule has 0 aromatic heterocycles. The fraction of sp³-hybridized carbons (Fsp3) is 0.450. The van der Waals surface area contributed by atoms with E-state index in [2.05, 4.69) is 0 Å². The molecule has 1 aromatic carbocycles. The molecule has 0 unspecified atom stereocenters. The van der Waals surface area contributed by atoms with Crippen molar-refractivity contribution in [1.29, 1.82) is 0 Å². The number of amides is 2. The molecule has 0 spiro atoms. The van der Waals surface area contributed by atoms with Crippen molar-refractivity contribution in [2.75, 3.05) is 0 Å². The molecular formula is C20H20ClF3N2O3. The molecule has 3 rings (SSSR count). The van der Waals surface area contributed by atoms with Crippen LogP contribution in [0.3, 0.4) is 0 Å². The molecule has 156 valence electrons. The fourth-order valence-electron chi connectivity index (χ4n) is 4.05. The first kappa shape index (κ1) is 21.4. The molecule has 2 amide bonds. The average molecular weight is 429 g/mol. The Morgan fingerprint density at radius 1 is 1.21 bits per heavy atom. The Hall–Kier alpha value is -2.35.